The predicted molar refractivity (Wildman–Crippen MR) is 95.5 cm³/mol. The molecule has 7 nitrogen and oxygen atoms in total. The molecule has 0 aromatic heterocycles. The van der Waals surface area contributed by atoms with Gasteiger partial charge in [0.05, 0.1) is 18.0 Å². The molecule has 8 heteroatoms. The van der Waals surface area contributed by atoms with E-state index in [1.54, 1.807) is 26.8 Å². The average molecular weight is 365 g/mol. The van der Waals surface area contributed by atoms with Crippen molar-refractivity contribution in [3.05, 3.63) is 29.3 Å². The molecule has 0 aliphatic rings. The first-order valence-electron chi connectivity index (χ1n) is 7.87. The summed E-state index contributed by atoms with van der Waals surface area (Å²) >= 11 is 0. The Morgan fingerprint density at radius 2 is 1.84 bits per heavy atom. The normalized spacial score (nSPS) is 11.0. The summed E-state index contributed by atoms with van der Waals surface area (Å²) in [5.41, 5.74) is 0.719. The van der Waals surface area contributed by atoms with E-state index in [1.165, 1.54) is 16.4 Å². The highest BCUT2D eigenvalue weighted by Gasteiger charge is 2.24. The van der Waals surface area contributed by atoms with Crippen molar-refractivity contribution < 1.29 is 18.0 Å². The maximum atomic E-state index is 12.7. The second-order valence-electron chi connectivity index (χ2n) is 5.23. The van der Waals surface area contributed by atoms with Gasteiger partial charge in [0.25, 0.3) is 5.91 Å². The molecule has 1 rings (SSSR count). The van der Waals surface area contributed by atoms with Crippen LogP contribution in [-0.2, 0) is 14.8 Å². The summed E-state index contributed by atoms with van der Waals surface area (Å²) in [7, 11) is -3.68. The molecular weight excluding hydrogens is 342 g/mol. The molecule has 0 bridgehead atoms. The summed E-state index contributed by atoms with van der Waals surface area (Å²) in [5, 5.41) is 4.86. The van der Waals surface area contributed by atoms with Crippen molar-refractivity contribution in [1.29, 1.82) is 0 Å². The van der Waals surface area contributed by atoms with Gasteiger partial charge in [-0.1, -0.05) is 25.8 Å². The molecule has 2 N–H and O–H groups in total. The first-order chi connectivity index (χ1) is 11.8. The summed E-state index contributed by atoms with van der Waals surface area (Å²) in [5.74, 6) is 1.30. The first kappa shape index (κ1) is 20.7. The lowest BCUT2D eigenvalue weighted by atomic mass is 10.1. The third-order valence-electron chi connectivity index (χ3n) is 3.57. The van der Waals surface area contributed by atoms with Crippen LogP contribution in [0.1, 0.15) is 29.8 Å². The molecule has 25 heavy (non-hydrogen) atoms. The maximum Gasteiger partial charge on any atom is 0.251 e. The van der Waals surface area contributed by atoms with Gasteiger partial charge in [-0.2, -0.15) is 4.31 Å². The van der Waals surface area contributed by atoms with Crippen molar-refractivity contribution in [2.75, 3.05) is 26.2 Å². The Balaban J connectivity index is 3.00. The van der Waals surface area contributed by atoms with Crippen LogP contribution in [0.15, 0.2) is 23.1 Å². The molecule has 0 saturated heterocycles. The summed E-state index contributed by atoms with van der Waals surface area (Å²) < 4.78 is 26.7. The zero-order valence-corrected chi connectivity index (χ0v) is 15.4. The van der Waals surface area contributed by atoms with Crippen LogP contribution in [0.5, 0.6) is 0 Å². The smallest absolute Gasteiger partial charge is 0.251 e. The topological polar surface area (TPSA) is 95.6 Å². The Kier molecular flexibility index (Phi) is 7.61. The highest BCUT2D eigenvalue weighted by atomic mass is 32.2. The summed E-state index contributed by atoms with van der Waals surface area (Å²) in [6.45, 7) is 5.68. The van der Waals surface area contributed by atoms with Crippen LogP contribution >= 0.6 is 0 Å². The lowest BCUT2D eigenvalue weighted by Crippen LogP contribution is -2.37. The van der Waals surface area contributed by atoms with Gasteiger partial charge in [-0.3, -0.25) is 9.59 Å². The van der Waals surface area contributed by atoms with Gasteiger partial charge < -0.3 is 10.6 Å². The number of benzene rings is 1. The lowest BCUT2D eigenvalue weighted by molar-refractivity contribution is -0.119. The van der Waals surface area contributed by atoms with Crippen molar-refractivity contribution in [2.24, 2.45) is 0 Å². The molecule has 2 amide bonds. The van der Waals surface area contributed by atoms with Crippen LogP contribution in [0.2, 0.25) is 0 Å². The molecule has 0 saturated carbocycles. The quantitative estimate of drug-likeness (QED) is 0.656. The lowest BCUT2D eigenvalue weighted by Gasteiger charge is -2.20. The molecule has 0 fully saturated rings. The van der Waals surface area contributed by atoms with Gasteiger partial charge in [0.1, 0.15) is 0 Å². The molecule has 0 radical (unpaired) electrons. The number of hydrogen-bond acceptors (Lipinski definition) is 4. The zero-order chi connectivity index (χ0) is 19.0. The van der Waals surface area contributed by atoms with Gasteiger partial charge in [0.2, 0.25) is 15.9 Å². The molecule has 0 aliphatic carbocycles. The number of terminal acetylenes is 1. The number of sulfonamides is 1. The maximum absolute atomic E-state index is 12.7. The zero-order valence-electron chi connectivity index (χ0n) is 14.6. The van der Waals surface area contributed by atoms with E-state index in [-0.39, 0.29) is 23.5 Å². The number of amides is 2. The largest absolute Gasteiger partial charge is 0.344 e. The molecule has 0 atom stereocenters. The van der Waals surface area contributed by atoms with Crippen LogP contribution in [0.25, 0.3) is 0 Å². The van der Waals surface area contributed by atoms with E-state index in [9.17, 15) is 18.0 Å². The summed E-state index contributed by atoms with van der Waals surface area (Å²) in [6, 6.07) is 4.42. The van der Waals surface area contributed by atoms with Crippen LogP contribution in [0.4, 0.5) is 0 Å². The monoisotopic (exact) mass is 365 g/mol. The Bertz CT molecular complexity index is 778. The molecule has 0 unspecified atom stereocenters. The number of carbonyl (C=O) groups excluding carboxylic acids is 2. The van der Waals surface area contributed by atoms with E-state index in [0.717, 1.165) is 0 Å². The van der Waals surface area contributed by atoms with E-state index in [1.807, 2.05) is 0 Å². The third kappa shape index (κ3) is 5.31. The van der Waals surface area contributed by atoms with Crippen molar-refractivity contribution in [2.45, 2.75) is 25.7 Å². The standard InChI is InChI=1S/C17H23N3O4S/c1-5-10-18-16(21)12-19-17(22)14-9-8-13(4)15(11-14)25(23,24)20(6-2)7-3/h1,8-9,11H,6-7,10,12H2,2-4H3,(H,18,21)(H,19,22). The Hall–Kier alpha value is -2.37. The fourth-order valence-corrected chi connectivity index (χ4v) is 3.91. The van der Waals surface area contributed by atoms with Gasteiger partial charge in [-0.25, -0.2) is 8.42 Å². The summed E-state index contributed by atoms with van der Waals surface area (Å²) in [4.78, 5) is 23.7. The molecular formula is C17H23N3O4S. The van der Waals surface area contributed by atoms with Gasteiger partial charge in [-0.05, 0) is 24.6 Å². The number of aryl methyl sites for hydroxylation is 1. The first-order valence-corrected chi connectivity index (χ1v) is 9.31. The highest BCUT2D eigenvalue weighted by molar-refractivity contribution is 7.89. The van der Waals surface area contributed by atoms with Gasteiger partial charge in [0.15, 0.2) is 0 Å². The Morgan fingerprint density at radius 1 is 1.20 bits per heavy atom. The van der Waals surface area contributed by atoms with Crippen molar-refractivity contribution in [3.63, 3.8) is 0 Å². The Morgan fingerprint density at radius 3 is 2.40 bits per heavy atom. The Labute approximate surface area is 148 Å². The molecule has 1 aromatic carbocycles. The highest BCUT2D eigenvalue weighted by Crippen LogP contribution is 2.21. The molecule has 0 spiro atoms. The third-order valence-corrected chi connectivity index (χ3v) is 5.76. The predicted octanol–water partition coefficient (Wildman–Crippen LogP) is 0.505. The van der Waals surface area contributed by atoms with E-state index >= 15 is 0 Å². The fraction of sp³-hybridized carbons (Fsp3) is 0.412. The molecule has 0 heterocycles. The fourth-order valence-electron chi connectivity index (χ4n) is 2.20. The van der Waals surface area contributed by atoms with Crippen LogP contribution in [-0.4, -0.2) is 50.7 Å². The van der Waals surface area contributed by atoms with E-state index in [0.29, 0.717) is 18.7 Å². The minimum absolute atomic E-state index is 0.0749. The van der Waals surface area contributed by atoms with E-state index in [2.05, 4.69) is 16.6 Å². The van der Waals surface area contributed by atoms with Crippen molar-refractivity contribution >= 4 is 21.8 Å². The van der Waals surface area contributed by atoms with Crippen molar-refractivity contribution in [3.8, 4) is 12.3 Å². The number of carbonyl (C=O) groups is 2. The number of rotatable bonds is 8. The number of nitrogens with one attached hydrogen (secondary N) is 2. The molecule has 0 aliphatic heterocycles. The molecule has 136 valence electrons. The van der Waals surface area contributed by atoms with Crippen molar-refractivity contribution in [1.82, 2.24) is 14.9 Å². The molecule has 1 aromatic rings. The van der Waals surface area contributed by atoms with E-state index < -0.39 is 21.8 Å². The number of hydrogen-bond donors (Lipinski definition) is 2. The second-order valence-corrected chi connectivity index (χ2v) is 7.14. The van der Waals surface area contributed by atoms with Gasteiger partial charge in [-0.15, -0.1) is 6.42 Å². The minimum atomic E-state index is -3.68. The summed E-state index contributed by atoms with van der Waals surface area (Å²) in [6.07, 6.45) is 5.03. The van der Waals surface area contributed by atoms with Crippen LogP contribution in [0.3, 0.4) is 0 Å². The van der Waals surface area contributed by atoms with Gasteiger partial charge >= 0.3 is 0 Å². The van der Waals surface area contributed by atoms with E-state index in [4.69, 9.17) is 6.42 Å². The number of nitrogens with zero attached hydrogens (tertiary/aromatic N) is 1. The minimum Gasteiger partial charge on any atom is -0.344 e. The van der Waals surface area contributed by atoms with Crippen LogP contribution in [0, 0.1) is 19.3 Å². The average Bonchev–Trinajstić information content (AvgIpc) is 2.58. The second kappa shape index (κ2) is 9.20. The van der Waals surface area contributed by atoms with Crippen LogP contribution < -0.4 is 10.6 Å². The SMILES string of the molecule is C#CCNC(=O)CNC(=O)c1ccc(C)c(S(=O)(=O)N(CC)CC)c1. The van der Waals surface area contributed by atoms with Gasteiger partial charge in [0, 0.05) is 18.7 Å².